The summed E-state index contributed by atoms with van der Waals surface area (Å²) >= 11 is 3.41. The molecule has 0 saturated carbocycles. The van der Waals surface area contributed by atoms with Gasteiger partial charge in [-0.2, -0.15) is 0 Å². The Bertz CT molecular complexity index is 582. The van der Waals surface area contributed by atoms with Gasteiger partial charge in [-0.3, -0.25) is 5.84 Å². The van der Waals surface area contributed by atoms with Crippen LogP contribution >= 0.6 is 15.9 Å². The van der Waals surface area contributed by atoms with Crippen molar-refractivity contribution in [2.45, 2.75) is 13.0 Å². The van der Waals surface area contributed by atoms with Crippen LogP contribution in [0, 0.1) is 18.6 Å². The molecule has 1 unspecified atom stereocenters. The fraction of sp³-hybridized carbons (Fsp3) is 0.143. The van der Waals surface area contributed by atoms with Crippen LogP contribution < -0.4 is 11.3 Å². The van der Waals surface area contributed by atoms with Crippen molar-refractivity contribution in [3.05, 3.63) is 69.2 Å². The van der Waals surface area contributed by atoms with Crippen molar-refractivity contribution in [1.82, 2.24) is 5.43 Å². The fourth-order valence-electron chi connectivity index (χ4n) is 2.01. The lowest BCUT2D eigenvalue weighted by Gasteiger charge is -2.18. The van der Waals surface area contributed by atoms with Gasteiger partial charge in [0.05, 0.1) is 6.04 Å². The van der Waals surface area contributed by atoms with Crippen molar-refractivity contribution < 1.29 is 8.78 Å². The van der Waals surface area contributed by atoms with E-state index in [4.69, 9.17) is 5.84 Å². The summed E-state index contributed by atoms with van der Waals surface area (Å²) in [5.41, 5.74) is 5.12. The van der Waals surface area contributed by atoms with Crippen molar-refractivity contribution >= 4 is 15.9 Å². The van der Waals surface area contributed by atoms with Crippen molar-refractivity contribution in [2.75, 3.05) is 0 Å². The summed E-state index contributed by atoms with van der Waals surface area (Å²) in [6, 6.07) is 9.15. The Kier molecular flexibility index (Phi) is 4.29. The van der Waals surface area contributed by atoms with Crippen LogP contribution in [0.15, 0.2) is 40.9 Å². The van der Waals surface area contributed by atoms with Crippen molar-refractivity contribution in [3.63, 3.8) is 0 Å². The first-order valence-electron chi connectivity index (χ1n) is 5.69. The molecule has 0 amide bonds. The summed E-state index contributed by atoms with van der Waals surface area (Å²) in [6.07, 6.45) is 0. The molecule has 0 aliphatic rings. The monoisotopic (exact) mass is 326 g/mol. The van der Waals surface area contributed by atoms with E-state index in [1.165, 1.54) is 6.07 Å². The third-order valence-electron chi connectivity index (χ3n) is 2.84. The predicted octanol–water partition coefficient (Wildman–Crippen LogP) is 3.59. The first kappa shape index (κ1) is 14.1. The van der Waals surface area contributed by atoms with Gasteiger partial charge in [0.15, 0.2) is 11.6 Å². The summed E-state index contributed by atoms with van der Waals surface area (Å²) < 4.78 is 27.2. The van der Waals surface area contributed by atoms with E-state index in [9.17, 15) is 8.78 Å². The second kappa shape index (κ2) is 5.77. The molecule has 0 fully saturated rings. The molecule has 2 nitrogen and oxygen atoms in total. The normalized spacial score (nSPS) is 12.5. The topological polar surface area (TPSA) is 38.0 Å². The average molecular weight is 327 g/mol. The number of rotatable bonds is 3. The molecule has 0 aliphatic heterocycles. The standard InChI is InChI=1S/C14H13BrF2N2/c1-8-4-10(6-11(15)5-8)14(19-18)9-2-3-12(16)13(17)7-9/h2-7,14,19H,18H2,1H3. The Labute approximate surface area is 118 Å². The van der Waals surface area contributed by atoms with Gasteiger partial charge < -0.3 is 0 Å². The molecule has 19 heavy (non-hydrogen) atoms. The smallest absolute Gasteiger partial charge is 0.159 e. The molecule has 100 valence electrons. The lowest BCUT2D eigenvalue weighted by molar-refractivity contribution is 0.504. The van der Waals surface area contributed by atoms with Gasteiger partial charge in [-0.25, -0.2) is 14.2 Å². The summed E-state index contributed by atoms with van der Waals surface area (Å²) in [7, 11) is 0. The van der Waals surface area contributed by atoms with Crippen LogP contribution in [0.2, 0.25) is 0 Å². The van der Waals surface area contributed by atoms with E-state index in [1.54, 1.807) is 0 Å². The van der Waals surface area contributed by atoms with Gasteiger partial charge in [-0.05, 0) is 47.9 Å². The Balaban J connectivity index is 2.46. The van der Waals surface area contributed by atoms with E-state index in [0.717, 1.165) is 27.7 Å². The van der Waals surface area contributed by atoms with E-state index in [0.29, 0.717) is 5.56 Å². The summed E-state index contributed by atoms with van der Waals surface area (Å²) in [5.74, 6) is 3.79. The lowest BCUT2D eigenvalue weighted by atomic mass is 9.98. The number of halogens is 3. The van der Waals surface area contributed by atoms with Crippen LogP contribution in [-0.2, 0) is 0 Å². The zero-order chi connectivity index (χ0) is 14.0. The molecule has 3 N–H and O–H groups in total. The molecule has 0 bridgehead atoms. The van der Waals surface area contributed by atoms with Gasteiger partial charge in [-0.1, -0.05) is 28.1 Å². The van der Waals surface area contributed by atoms with Crippen molar-refractivity contribution in [1.29, 1.82) is 0 Å². The number of aryl methyl sites for hydroxylation is 1. The van der Waals surface area contributed by atoms with Crippen LogP contribution in [0.25, 0.3) is 0 Å². The number of hydrazine groups is 1. The Morgan fingerprint density at radius 3 is 2.37 bits per heavy atom. The van der Waals surface area contributed by atoms with Crippen LogP contribution in [0.1, 0.15) is 22.7 Å². The van der Waals surface area contributed by atoms with Gasteiger partial charge in [0.1, 0.15) is 0 Å². The highest BCUT2D eigenvalue weighted by Crippen LogP contribution is 2.26. The minimum Gasteiger partial charge on any atom is -0.271 e. The lowest BCUT2D eigenvalue weighted by Crippen LogP contribution is -2.29. The third-order valence-corrected chi connectivity index (χ3v) is 3.30. The maximum absolute atomic E-state index is 13.3. The van der Waals surface area contributed by atoms with E-state index >= 15 is 0 Å². The van der Waals surface area contributed by atoms with E-state index < -0.39 is 17.7 Å². The second-order valence-electron chi connectivity index (χ2n) is 4.34. The maximum atomic E-state index is 13.3. The number of hydrogen-bond donors (Lipinski definition) is 2. The number of nitrogens with two attached hydrogens (primary N) is 1. The molecule has 0 radical (unpaired) electrons. The minimum atomic E-state index is -0.885. The van der Waals surface area contributed by atoms with Crippen LogP contribution in [-0.4, -0.2) is 0 Å². The van der Waals surface area contributed by atoms with Crippen molar-refractivity contribution in [2.24, 2.45) is 5.84 Å². The van der Waals surface area contributed by atoms with E-state index in [-0.39, 0.29) is 0 Å². The molecule has 1 atom stereocenters. The molecule has 5 heteroatoms. The van der Waals surface area contributed by atoms with Crippen LogP contribution in [0.3, 0.4) is 0 Å². The second-order valence-corrected chi connectivity index (χ2v) is 5.25. The zero-order valence-electron chi connectivity index (χ0n) is 10.3. The molecule has 2 aromatic rings. The number of benzene rings is 2. The highest BCUT2D eigenvalue weighted by Gasteiger charge is 2.15. The van der Waals surface area contributed by atoms with E-state index in [2.05, 4.69) is 21.4 Å². The molecule has 0 saturated heterocycles. The van der Waals surface area contributed by atoms with Crippen LogP contribution in [0.4, 0.5) is 8.78 Å². The molecule has 2 rings (SSSR count). The molecular formula is C14H13BrF2N2. The molecule has 0 heterocycles. The van der Waals surface area contributed by atoms with Gasteiger partial charge in [-0.15, -0.1) is 0 Å². The van der Waals surface area contributed by atoms with Gasteiger partial charge in [0.2, 0.25) is 0 Å². The number of hydrogen-bond acceptors (Lipinski definition) is 2. The molecule has 2 aromatic carbocycles. The molecule has 0 aliphatic carbocycles. The van der Waals surface area contributed by atoms with E-state index in [1.807, 2.05) is 25.1 Å². The summed E-state index contributed by atoms with van der Waals surface area (Å²) in [5, 5.41) is 0. The quantitative estimate of drug-likeness (QED) is 0.668. The van der Waals surface area contributed by atoms with Gasteiger partial charge in [0, 0.05) is 4.47 Å². The molecular weight excluding hydrogens is 314 g/mol. The molecule has 0 spiro atoms. The summed E-state index contributed by atoms with van der Waals surface area (Å²) in [6.45, 7) is 1.95. The Morgan fingerprint density at radius 1 is 1.05 bits per heavy atom. The first-order valence-corrected chi connectivity index (χ1v) is 6.48. The Morgan fingerprint density at radius 2 is 1.79 bits per heavy atom. The van der Waals surface area contributed by atoms with Crippen molar-refractivity contribution in [3.8, 4) is 0 Å². The molecule has 0 aromatic heterocycles. The number of nitrogens with one attached hydrogen (secondary N) is 1. The highest BCUT2D eigenvalue weighted by molar-refractivity contribution is 9.10. The first-order chi connectivity index (χ1) is 9.01. The van der Waals surface area contributed by atoms with Crippen LogP contribution in [0.5, 0.6) is 0 Å². The predicted molar refractivity (Wildman–Crippen MR) is 74.4 cm³/mol. The van der Waals surface area contributed by atoms with Gasteiger partial charge >= 0.3 is 0 Å². The third kappa shape index (κ3) is 3.18. The highest BCUT2D eigenvalue weighted by atomic mass is 79.9. The minimum absolute atomic E-state index is 0.397. The zero-order valence-corrected chi connectivity index (χ0v) is 11.8. The largest absolute Gasteiger partial charge is 0.271 e. The van der Waals surface area contributed by atoms with Gasteiger partial charge in [0.25, 0.3) is 0 Å². The SMILES string of the molecule is Cc1cc(Br)cc(C(NN)c2ccc(F)c(F)c2)c1. The Hall–Kier alpha value is -1.30. The maximum Gasteiger partial charge on any atom is 0.159 e. The summed E-state index contributed by atoms with van der Waals surface area (Å²) in [4.78, 5) is 0. The average Bonchev–Trinajstić information content (AvgIpc) is 2.33. The fourth-order valence-corrected chi connectivity index (χ4v) is 2.63.